The highest BCUT2D eigenvalue weighted by Gasteiger charge is 2.18. The molecule has 32 heavy (non-hydrogen) atoms. The number of rotatable bonds is 11. The van der Waals surface area contributed by atoms with Gasteiger partial charge in [-0.2, -0.15) is 0 Å². The molecule has 1 aromatic carbocycles. The van der Waals surface area contributed by atoms with Gasteiger partial charge in [0.15, 0.2) is 10.9 Å². The Morgan fingerprint density at radius 1 is 1.12 bits per heavy atom. The molecule has 2 heterocycles. The molecule has 0 saturated carbocycles. The van der Waals surface area contributed by atoms with E-state index in [9.17, 15) is 9.59 Å². The van der Waals surface area contributed by atoms with Gasteiger partial charge in [-0.3, -0.25) is 9.59 Å². The number of thioether (sulfide) groups is 1. The third-order valence-corrected chi connectivity index (χ3v) is 6.60. The van der Waals surface area contributed by atoms with Crippen molar-refractivity contribution >= 4 is 46.1 Å². The minimum absolute atomic E-state index is 0.0469. The van der Waals surface area contributed by atoms with Crippen LogP contribution in [0.25, 0.3) is 11.0 Å². The summed E-state index contributed by atoms with van der Waals surface area (Å²) in [5.41, 5.74) is 4.38. The number of nitrogens with zero attached hydrogens (tertiary/aromatic N) is 3. The minimum Gasteiger partial charge on any atom is -0.469 e. The predicted molar refractivity (Wildman–Crippen MR) is 127 cm³/mol. The van der Waals surface area contributed by atoms with Crippen molar-refractivity contribution < 1.29 is 19.1 Å². The Hall–Kier alpha value is -2.29. The van der Waals surface area contributed by atoms with Crippen molar-refractivity contribution in [1.82, 2.24) is 14.1 Å². The first-order chi connectivity index (χ1) is 15.3. The van der Waals surface area contributed by atoms with Crippen molar-refractivity contribution in [3.8, 4) is 0 Å². The summed E-state index contributed by atoms with van der Waals surface area (Å²) < 4.78 is 14.1. The van der Waals surface area contributed by atoms with Crippen molar-refractivity contribution in [3.63, 3.8) is 0 Å². The van der Waals surface area contributed by atoms with E-state index in [1.165, 1.54) is 18.9 Å². The van der Waals surface area contributed by atoms with Gasteiger partial charge in [-0.05, 0) is 44.5 Å². The van der Waals surface area contributed by atoms with Gasteiger partial charge in [-0.15, -0.1) is 0 Å². The van der Waals surface area contributed by atoms with Crippen molar-refractivity contribution in [2.24, 2.45) is 0 Å². The van der Waals surface area contributed by atoms with E-state index in [0.29, 0.717) is 43.1 Å². The lowest BCUT2D eigenvalue weighted by Gasteiger charge is -2.10. The second-order valence-electron chi connectivity index (χ2n) is 7.50. The largest absolute Gasteiger partial charge is 0.469 e. The number of hydrogen-bond acceptors (Lipinski definition) is 6. The molecule has 0 N–H and O–H groups in total. The van der Waals surface area contributed by atoms with Crippen LogP contribution in [0.5, 0.6) is 0 Å². The molecule has 0 amide bonds. The second-order valence-corrected chi connectivity index (χ2v) is 8.88. The van der Waals surface area contributed by atoms with E-state index in [0.717, 1.165) is 27.6 Å². The zero-order valence-electron chi connectivity index (χ0n) is 18.8. The highest BCUT2D eigenvalue weighted by molar-refractivity contribution is 7.99. The lowest BCUT2D eigenvalue weighted by molar-refractivity contribution is -0.140. The minimum atomic E-state index is -0.224. The van der Waals surface area contributed by atoms with Gasteiger partial charge in [-0.25, -0.2) is 4.98 Å². The summed E-state index contributed by atoms with van der Waals surface area (Å²) in [6, 6.07) is 7.52. The summed E-state index contributed by atoms with van der Waals surface area (Å²) >= 11 is 7.54. The van der Waals surface area contributed by atoms with Crippen LogP contribution in [-0.2, 0) is 27.4 Å². The van der Waals surface area contributed by atoms with Gasteiger partial charge in [0.25, 0.3) is 0 Å². The molecule has 0 unspecified atom stereocenters. The topological polar surface area (TPSA) is 75.3 Å². The second kappa shape index (κ2) is 11.0. The number of halogens is 1. The molecule has 0 bridgehead atoms. The maximum atomic E-state index is 13.0. The maximum absolute atomic E-state index is 13.0. The number of fused-ring (bicyclic) bond motifs is 1. The Balaban J connectivity index is 1.74. The SMILES string of the molecule is COCCn1c(SCC(=O)c2cc(C)n(CCCC(=O)OC)c2C)nc2cc(Cl)ccc21. The molecule has 0 atom stereocenters. The normalized spacial score (nSPS) is 11.3. The van der Waals surface area contributed by atoms with Gasteiger partial charge >= 0.3 is 5.97 Å². The number of methoxy groups -OCH3 is 2. The van der Waals surface area contributed by atoms with Crippen LogP contribution in [0.3, 0.4) is 0 Å². The first kappa shape index (κ1) is 24.4. The van der Waals surface area contributed by atoms with Crippen molar-refractivity contribution in [1.29, 1.82) is 0 Å². The molecule has 0 aliphatic carbocycles. The smallest absolute Gasteiger partial charge is 0.305 e. The van der Waals surface area contributed by atoms with Gasteiger partial charge < -0.3 is 18.6 Å². The number of aromatic nitrogens is 3. The molecule has 9 heteroatoms. The van der Waals surface area contributed by atoms with E-state index in [1.54, 1.807) is 7.11 Å². The van der Waals surface area contributed by atoms with Crippen LogP contribution >= 0.6 is 23.4 Å². The number of carbonyl (C=O) groups is 2. The van der Waals surface area contributed by atoms with Gasteiger partial charge in [0.1, 0.15) is 0 Å². The van der Waals surface area contributed by atoms with Crippen LogP contribution < -0.4 is 0 Å². The highest BCUT2D eigenvalue weighted by atomic mass is 35.5. The quantitative estimate of drug-likeness (QED) is 0.227. The predicted octanol–water partition coefficient (Wildman–Crippen LogP) is 4.68. The number of imidazole rings is 1. The van der Waals surface area contributed by atoms with Gasteiger partial charge in [0, 0.05) is 48.6 Å². The number of hydrogen-bond donors (Lipinski definition) is 0. The van der Waals surface area contributed by atoms with Crippen molar-refractivity contribution in [3.05, 3.63) is 46.2 Å². The lowest BCUT2D eigenvalue weighted by Crippen LogP contribution is -2.10. The summed E-state index contributed by atoms with van der Waals surface area (Å²) in [6.45, 7) is 5.77. The van der Waals surface area contributed by atoms with Crippen LogP contribution in [0, 0.1) is 13.8 Å². The zero-order valence-corrected chi connectivity index (χ0v) is 20.4. The van der Waals surface area contributed by atoms with Crippen molar-refractivity contribution in [2.45, 2.75) is 44.9 Å². The van der Waals surface area contributed by atoms with Crippen LogP contribution in [0.4, 0.5) is 0 Å². The summed E-state index contributed by atoms with van der Waals surface area (Å²) in [5, 5.41) is 1.39. The summed E-state index contributed by atoms with van der Waals surface area (Å²) in [7, 11) is 3.05. The van der Waals surface area contributed by atoms with Crippen LogP contribution in [0.2, 0.25) is 5.02 Å². The Labute approximate surface area is 197 Å². The molecule has 2 aromatic heterocycles. The third kappa shape index (κ3) is 5.54. The Kier molecular flexibility index (Phi) is 8.39. The molecule has 0 aliphatic rings. The average molecular weight is 478 g/mol. The summed E-state index contributed by atoms with van der Waals surface area (Å²) in [5.74, 6) is 0.0970. The lowest BCUT2D eigenvalue weighted by atomic mass is 10.2. The molecule has 3 rings (SSSR count). The fourth-order valence-corrected chi connectivity index (χ4v) is 4.80. The fraction of sp³-hybridized carbons (Fsp3) is 0.435. The standard InChI is InChI=1S/C23H28ClN3O4S/c1-15-12-18(16(2)26(15)9-5-6-22(29)31-4)21(28)14-32-23-25-19-13-17(24)7-8-20(19)27(23)10-11-30-3/h7-8,12-13H,5-6,9-11,14H2,1-4H3. The average Bonchev–Trinajstić information content (AvgIpc) is 3.26. The Morgan fingerprint density at radius 2 is 1.91 bits per heavy atom. The molecule has 7 nitrogen and oxygen atoms in total. The van der Waals surface area contributed by atoms with E-state index >= 15 is 0 Å². The van der Waals surface area contributed by atoms with Crippen LogP contribution in [-0.4, -0.2) is 52.5 Å². The number of esters is 1. The molecule has 0 fully saturated rings. The summed E-state index contributed by atoms with van der Waals surface area (Å²) in [6.07, 6.45) is 1.02. The van der Waals surface area contributed by atoms with E-state index in [-0.39, 0.29) is 17.5 Å². The van der Waals surface area contributed by atoms with Gasteiger partial charge in [0.2, 0.25) is 0 Å². The Bertz CT molecular complexity index is 1120. The molecular formula is C23H28ClN3O4S. The van der Waals surface area contributed by atoms with E-state index in [4.69, 9.17) is 21.1 Å². The third-order valence-electron chi connectivity index (χ3n) is 5.39. The molecule has 3 aromatic rings. The molecule has 0 aliphatic heterocycles. The fourth-order valence-electron chi connectivity index (χ4n) is 3.71. The molecular weight excluding hydrogens is 450 g/mol. The van der Waals surface area contributed by atoms with Crippen LogP contribution in [0.15, 0.2) is 29.4 Å². The monoisotopic (exact) mass is 477 g/mol. The number of ether oxygens (including phenoxy) is 2. The molecule has 0 spiro atoms. The molecule has 0 saturated heterocycles. The number of Topliss-reactive ketones (excluding diaryl/α,β-unsaturated/α-hetero) is 1. The van der Waals surface area contributed by atoms with Crippen molar-refractivity contribution in [2.75, 3.05) is 26.6 Å². The number of benzene rings is 1. The maximum Gasteiger partial charge on any atom is 0.305 e. The zero-order chi connectivity index (χ0) is 23.3. The Morgan fingerprint density at radius 3 is 2.62 bits per heavy atom. The van der Waals surface area contributed by atoms with Gasteiger partial charge in [-0.1, -0.05) is 23.4 Å². The summed E-state index contributed by atoms with van der Waals surface area (Å²) in [4.78, 5) is 29.1. The van der Waals surface area contributed by atoms with Gasteiger partial charge in [0.05, 0.1) is 30.5 Å². The van der Waals surface area contributed by atoms with E-state index < -0.39 is 0 Å². The van der Waals surface area contributed by atoms with E-state index in [1.807, 2.05) is 38.1 Å². The first-order valence-electron chi connectivity index (χ1n) is 10.4. The molecule has 172 valence electrons. The number of aryl methyl sites for hydroxylation is 1. The van der Waals surface area contributed by atoms with Crippen LogP contribution in [0.1, 0.15) is 34.6 Å². The number of ketones is 1. The molecule has 0 radical (unpaired) electrons. The number of carbonyl (C=O) groups excluding carboxylic acids is 2. The van der Waals surface area contributed by atoms with E-state index in [2.05, 4.69) is 14.1 Å². The first-order valence-corrected chi connectivity index (χ1v) is 11.8. The highest BCUT2D eigenvalue weighted by Crippen LogP contribution is 2.27.